The van der Waals surface area contributed by atoms with Gasteiger partial charge in [-0.25, -0.2) is 0 Å². The second kappa shape index (κ2) is 5.61. The van der Waals surface area contributed by atoms with Gasteiger partial charge in [-0.2, -0.15) is 4.98 Å². The lowest BCUT2D eigenvalue weighted by Gasteiger charge is -2.06. The fraction of sp³-hybridized carbons (Fsp3) is 0.200. The van der Waals surface area contributed by atoms with Gasteiger partial charge in [0.25, 0.3) is 0 Å². The molecule has 0 saturated heterocycles. The summed E-state index contributed by atoms with van der Waals surface area (Å²) >= 11 is 6.56. The molecular formula is C10H9Br2N3O2. The smallest absolute Gasteiger partial charge is 0.213 e. The number of hydrogen-bond donors (Lipinski definition) is 2. The summed E-state index contributed by atoms with van der Waals surface area (Å²) in [4.78, 5) is 3.90. The largest absolute Gasteiger partial charge is 0.506 e. The van der Waals surface area contributed by atoms with Gasteiger partial charge in [0.1, 0.15) is 5.75 Å². The van der Waals surface area contributed by atoms with Crippen LogP contribution in [0.3, 0.4) is 0 Å². The van der Waals surface area contributed by atoms with Gasteiger partial charge in [-0.3, -0.25) is 0 Å². The van der Waals surface area contributed by atoms with E-state index in [-0.39, 0.29) is 5.75 Å². The van der Waals surface area contributed by atoms with Gasteiger partial charge in [-0.1, -0.05) is 5.16 Å². The van der Waals surface area contributed by atoms with Crippen molar-refractivity contribution in [2.45, 2.75) is 13.1 Å². The summed E-state index contributed by atoms with van der Waals surface area (Å²) in [6, 6.07) is 3.70. The van der Waals surface area contributed by atoms with Crippen molar-refractivity contribution in [3.05, 3.63) is 38.9 Å². The maximum absolute atomic E-state index is 9.56. The van der Waals surface area contributed by atoms with Crippen LogP contribution >= 0.6 is 31.9 Å². The molecule has 1 aromatic heterocycles. The topological polar surface area (TPSA) is 71.2 Å². The third kappa shape index (κ3) is 3.27. The number of phenols is 1. The first-order chi connectivity index (χ1) is 8.16. The second-order valence-electron chi connectivity index (χ2n) is 3.36. The Hall–Kier alpha value is -0.920. The molecule has 2 rings (SSSR count). The van der Waals surface area contributed by atoms with Crippen molar-refractivity contribution in [2.24, 2.45) is 0 Å². The second-order valence-corrected chi connectivity index (χ2v) is 5.07. The molecule has 0 aliphatic heterocycles. The quantitative estimate of drug-likeness (QED) is 0.874. The molecule has 0 unspecified atom stereocenters. The van der Waals surface area contributed by atoms with Gasteiger partial charge in [0.15, 0.2) is 5.82 Å². The minimum Gasteiger partial charge on any atom is -0.506 e. The molecule has 0 aliphatic carbocycles. The SMILES string of the molecule is Oc1c(Br)cc(CNCc2ncon2)cc1Br. The van der Waals surface area contributed by atoms with Crippen molar-refractivity contribution in [2.75, 3.05) is 0 Å². The zero-order valence-electron chi connectivity index (χ0n) is 8.65. The molecular weight excluding hydrogens is 354 g/mol. The molecule has 2 N–H and O–H groups in total. The Morgan fingerprint density at radius 1 is 1.24 bits per heavy atom. The van der Waals surface area contributed by atoms with Gasteiger partial charge in [-0.15, -0.1) is 0 Å². The van der Waals surface area contributed by atoms with Crippen LogP contribution in [0, 0.1) is 0 Å². The Labute approximate surface area is 114 Å². The number of benzene rings is 1. The van der Waals surface area contributed by atoms with Crippen molar-refractivity contribution >= 4 is 31.9 Å². The van der Waals surface area contributed by atoms with E-state index in [1.165, 1.54) is 6.39 Å². The minimum atomic E-state index is 0.201. The van der Waals surface area contributed by atoms with E-state index >= 15 is 0 Å². The summed E-state index contributed by atoms with van der Waals surface area (Å²) in [5.74, 6) is 0.814. The average Bonchev–Trinajstić information content (AvgIpc) is 2.79. The molecule has 0 aliphatic rings. The van der Waals surface area contributed by atoms with Gasteiger partial charge < -0.3 is 14.9 Å². The van der Waals surface area contributed by atoms with E-state index < -0.39 is 0 Å². The average molecular weight is 363 g/mol. The van der Waals surface area contributed by atoms with Crippen LogP contribution in [0.2, 0.25) is 0 Å². The van der Waals surface area contributed by atoms with Crippen molar-refractivity contribution in [1.29, 1.82) is 0 Å². The summed E-state index contributed by atoms with van der Waals surface area (Å²) in [6.45, 7) is 1.18. The van der Waals surface area contributed by atoms with Gasteiger partial charge in [0.05, 0.1) is 15.5 Å². The number of aromatic hydroxyl groups is 1. The van der Waals surface area contributed by atoms with E-state index in [1.54, 1.807) is 0 Å². The van der Waals surface area contributed by atoms with Gasteiger partial charge in [-0.05, 0) is 49.6 Å². The summed E-state index contributed by atoms with van der Waals surface area (Å²) in [5, 5.41) is 16.4. The molecule has 0 fully saturated rings. The molecule has 0 amide bonds. The lowest BCUT2D eigenvalue weighted by molar-refractivity contribution is 0.407. The predicted molar refractivity (Wildman–Crippen MR) is 68.3 cm³/mol. The molecule has 17 heavy (non-hydrogen) atoms. The highest BCUT2D eigenvalue weighted by atomic mass is 79.9. The van der Waals surface area contributed by atoms with Gasteiger partial charge in [0.2, 0.25) is 6.39 Å². The summed E-state index contributed by atoms with van der Waals surface area (Å²) < 4.78 is 5.93. The van der Waals surface area contributed by atoms with Crippen LogP contribution in [-0.2, 0) is 13.1 Å². The lowest BCUT2D eigenvalue weighted by atomic mass is 10.2. The molecule has 0 saturated carbocycles. The molecule has 90 valence electrons. The number of aromatic nitrogens is 2. The van der Waals surface area contributed by atoms with E-state index in [9.17, 15) is 5.11 Å². The normalized spacial score (nSPS) is 10.7. The number of rotatable bonds is 4. The van der Waals surface area contributed by atoms with E-state index in [0.717, 1.165) is 5.56 Å². The Morgan fingerprint density at radius 2 is 1.94 bits per heavy atom. The first-order valence-corrected chi connectivity index (χ1v) is 6.38. The highest BCUT2D eigenvalue weighted by Gasteiger charge is 2.06. The molecule has 0 atom stereocenters. The van der Waals surface area contributed by atoms with Crippen LogP contribution in [0.5, 0.6) is 5.75 Å². The summed E-state index contributed by atoms with van der Waals surface area (Å²) in [5.41, 5.74) is 1.03. The van der Waals surface area contributed by atoms with Crippen molar-refractivity contribution in [3.63, 3.8) is 0 Å². The maximum Gasteiger partial charge on any atom is 0.213 e. The minimum absolute atomic E-state index is 0.201. The Bertz CT molecular complexity index is 479. The van der Waals surface area contributed by atoms with Crippen LogP contribution in [0.25, 0.3) is 0 Å². The third-order valence-electron chi connectivity index (χ3n) is 2.10. The van der Waals surface area contributed by atoms with E-state index in [0.29, 0.717) is 27.9 Å². The zero-order chi connectivity index (χ0) is 12.3. The number of halogens is 2. The number of nitrogens with zero attached hydrogens (tertiary/aromatic N) is 2. The highest BCUT2D eigenvalue weighted by Crippen LogP contribution is 2.33. The predicted octanol–water partition coefficient (Wildman–Crippen LogP) is 2.59. The Kier molecular flexibility index (Phi) is 4.14. The first-order valence-electron chi connectivity index (χ1n) is 4.79. The molecule has 2 aromatic rings. The van der Waals surface area contributed by atoms with Crippen LogP contribution in [0.15, 0.2) is 32.0 Å². The molecule has 0 bridgehead atoms. The van der Waals surface area contributed by atoms with Crippen molar-refractivity contribution in [3.8, 4) is 5.75 Å². The van der Waals surface area contributed by atoms with Crippen LogP contribution in [0.1, 0.15) is 11.4 Å². The molecule has 5 nitrogen and oxygen atoms in total. The number of phenolic OH excluding ortho intramolecular Hbond substituents is 1. The number of hydrogen-bond acceptors (Lipinski definition) is 5. The molecule has 1 heterocycles. The lowest BCUT2D eigenvalue weighted by Crippen LogP contribution is -2.13. The molecule has 7 heteroatoms. The van der Waals surface area contributed by atoms with Crippen molar-refractivity contribution in [1.82, 2.24) is 15.5 Å². The van der Waals surface area contributed by atoms with E-state index in [2.05, 4.69) is 51.8 Å². The fourth-order valence-corrected chi connectivity index (χ4v) is 2.59. The van der Waals surface area contributed by atoms with Crippen LogP contribution in [-0.4, -0.2) is 15.2 Å². The van der Waals surface area contributed by atoms with E-state index in [1.807, 2.05) is 12.1 Å². The Morgan fingerprint density at radius 3 is 2.53 bits per heavy atom. The molecule has 0 radical (unpaired) electrons. The third-order valence-corrected chi connectivity index (χ3v) is 3.30. The number of nitrogens with one attached hydrogen (secondary N) is 1. The fourth-order valence-electron chi connectivity index (χ4n) is 1.31. The standard InChI is InChI=1S/C10H9Br2N3O2/c11-7-1-6(2-8(12)10(7)16)3-13-4-9-14-5-17-15-9/h1-2,5,13,16H,3-4H2. The van der Waals surface area contributed by atoms with Crippen LogP contribution in [0.4, 0.5) is 0 Å². The summed E-state index contributed by atoms with van der Waals surface area (Å²) in [6.07, 6.45) is 1.30. The van der Waals surface area contributed by atoms with E-state index in [4.69, 9.17) is 0 Å². The Balaban J connectivity index is 1.95. The van der Waals surface area contributed by atoms with Crippen LogP contribution < -0.4 is 5.32 Å². The summed E-state index contributed by atoms with van der Waals surface area (Å²) in [7, 11) is 0. The molecule has 1 aromatic carbocycles. The molecule has 0 spiro atoms. The zero-order valence-corrected chi connectivity index (χ0v) is 11.8. The van der Waals surface area contributed by atoms with Crippen molar-refractivity contribution < 1.29 is 9.63 Å². The maximum atomic E-state index is 9.56. The monoisotopic (exact) mass is 361 g/mol. The van der Waals surface area contributed by atoms with Gasteiger partial charge in [0, 0.05) is 6.54 Å². The highest BCUT2D eigenvalue weighted by molar-refractivity contribution is 9.11. The van der Waals surface area contributed by atoms with Gasteiger partial charge >= 0.3 is 0 Å². The first kappa shape index (κ1) is 12.5.